The Morgan fingerprint density at radius 3 is 2.76 bits per heavy atom. The van der Waals surface area contributed by atoms with E-state index in [4.69, 9.17) is 0 Å². The number of likely N-dealkylation sites (tertiary alicyclic amines) is 1. The van der Waals surface area contributed by atoms with Gasteiger partial charge in [-0.05, 0) is 25.8 Å². The predicted octanol–water partition coefficient (Wildman–Crippen LogP) is 1.33. The van der Waals surface area contributed by atoms with Crippen LogP contribution in [0, 0.1) is 5.92 Å². The van der Waals surface area contributed by atoms with Gasteiger partial charge in [-0.25, -0.2) is 0 Å². The van der Waals surface area contributed by atoms with Crippen LogP contribution >= 0.6 is 0 Å². The van der Waals surface area contributed by atoms with Crippen LogP contribution in [0.15, 0.2) is 0 Å². The molecule has 4 rings (SSSR count). The molecular formula is C18H29N5O2. The van der Waals surface area contributed by atoms with E-state index in [1.165, 1.54) is 25.7 Å². The molecule has 0 unspecified atom stereocenters. The van der Waals surface area contributed by atoms with Crippen LogP contribution < -0.4 is 0 Å². The fraction of sp³-hybridized carbons (Fsp3) is 0.833. The van der Waals surface area contributed by atoms with Gasteiger partial charge in [0.15, 0.2) is 11.6 Å². The molecule has 0 radical (unpaired) electrons. The third-order valence-electron chi connectivity index (χ3n) is 6.20. The first kappa shape index (κ1) is 17.0. The minimum atomic E-state index is -0.291. The first-order chi connectivity index (χ1) is 12.1. The molecule has 1 aliphatic carbocycles. The number of amides is 1. The summed E-state index contributed by atoms with van der Waals surface area (Å²) in [5.74, 6) is 2.83. The van der Waals surface area contributed by atoms with Crippen molar-refractivity contribution in [3.8, 4) is 0 Å². The van der Waals surface area contributed by atoms with Gasteiger partial charge in [-0.15, -0.1) is 10.2 Å². The first-order valence-electron chi connectivity index (χ1n) is 9.70. The molecule has 0 bridgehead atoms. The van der Waals surface area contributed by atoms with Crippen molar-refractivity contribution in [1.29, 1.82) is 0 Å². The Morgan fingerprint density at radius 2 is 2.04 bits per heavy atom. The van der Waals surface area contributed by atoms with Crippen molar-refractivity contribution >= 4 is 5.91 Å². The molecule has 2 aliphatic heterocycles. The van der Waals surface area contributed by atoms with Gasteiger partial charge in [0.25, 0.3) is 0 Å². The Morgan fingerprint density at radius 1 is 1.24 bits per heavy atom. The average molecular weight is 347 g/mol. The van der Waals surface area contributed by atoms with Crippen molar-refractivity contribution < 1.29 is 9.90 Å². The van der Waals surface area contributed by atoms with E-state index in [1.54, 1.807) is 0 Å². The number of β-amino-alcohol motifs (C(OH)–C–C–N with tert-alkyl or cyclic N) is 1. The molecule has 2 fully saturated rings. The lowest BCUT2D eigenvalue weighted by Gasteiger charge is -2.29. The molecule has 1 saturated heterocycles. The topological polar surface area (TPSA) is 74.5 Å². The lowest BCUT2D eigenvalue weighted by molar-refractivity contribution is -0.133. The second-order valence-corrected chi connectivity index (χ2v) is 7.98. The van der Waals surface area contributed by atoms with E-state index in [-0.39, 0.29) is 18.1 Å². The highest BCUT2D eigenvalue weighted by Gasteiger charge is 2.35. The van der Waals surface area contributed by atoms with Crippen LogP contribution in [0.4, 0.5) is 0 Å². The largest absolute Gasteiger partial charge is 0.392 e. The molecule has 7 heteroatoms. The fourth-order valence-electron chi connectivity index (χ4n) is 4.70. The van der Waals surface area contributed by atoms with Gasteiger partial charge in [0.05, 0.1) is 18.7 Å². The smallest absolute Gasteiger partial charge is 0.223 e. The monoisotopic (exact) mass is 347 g/mol. The molecule has 1 N–H and O–H groups in total. The lowest BCUT2D eigenvalue weighted by Crippen LogP contribution is -2.39. The summed E-state index contributed by atoms with van der Waals surface area (Å²) >= 11 is 0. The van der Waals surface area contributed by atoms with Crippen LogP contribution in [0.3, 0.4) is 0 Å². The zero-order valence-corrected chi connectivity index (χ0v) is 15.1. The number of rotatable bonds is 4. The van der Waals surface area contributed by atoms with Crippen LogP contribution in [-0.4, -0.2) is 61.8 Å². The number of likely N-dealkylation sites (N-methyl/N-ethyl adjacent to an activating group) is 1. The SMILES string of the molecule is CN1C[C@H](O)C[C@H]1c1nnc2n1CCN(C(=O)CCC1CCCC1)C2. The van der Waals surface area contributed by atoms with E-state index >= 15 is 0 Å². The Labute approximate surface area is 149 Å². The summed E-state index contributed by atoms with van der Waals surface area (Å²) in [7, 11) is 2.02. The number of aromatic nitrogens is 3. The molecule has 1 saturated carbocycles. The Hall–Kier alpha value is -1.47. The van der Waals surface area contributed by atoms with E-state index in [2.05, 4.69) is 19.7 Å². The molecular weight excluding hydrogens is 318 g/mol. The number of aliphatic hydroxyl groups is 1. The second kappa shape index (κ2) is 7.03. The summed E-state index contributed by atoms with van der Waals surface area (Å²) in [6, 6.07) is 0.126. The number of hydrogen-bond donors (Lipinski definition) is 1. The maximum Gasteiger partial charge on any atom is 0.223 e. The van der Waals surface area contributed by atoms with Crippen LogP contribution in [0.5, 0.6) is 0 Å². The van der Waals surface area contributed by atoms with Gasteiger partial charge in [-0.3, -0.25) is 9.69 Å². The molecule has 1 aromatic heterocycles. The summed E-state index contributed by atoms with van der Waals surface area (Å²) in [5, 5.41) is 18.6. The lowest BCUT2D eigenvalue weighted by atomic mass is 10.0. The van der Waals surface area contributed by atoms with E-state index in [9.17, 15) is 9.90 Å². The van der Waals surface area contributed by atoms with Gasteiger partial charge < -0.3 is 14.6 Å². The summed E-state index contributed by atoms with van der Waals surface area (Å²) in [4.78, 5) is 16.6. The molecule has 0 spiro atoms. The summed E-state index contributed by atoms with van der Waals surface area (Å²) < 4.78 is 2.15. The highest BCUT2D eigenvalue weighted by atomic mass is 16.3. The van der Waals surface area contributed by atoms with E-state index in [1.807, 2.05) is 11.9 Å². The number of hydrogen-bond acceptors (Lipinski definition) is 5. The quantitative estimate of drug-likeness (QED) is 0.889. The average Bonchev–Trinajstić information content (AvgIpc) is 3.32. The van der Waals surface area contributed by atoms with Crippen LogP contribution in [0.1, 0.15) is 62.6 Å². The minimum Gasteiger partial charge on any atom is -0.392 e. The fourth-order valence-corrected chi connectivity index (χ4v) is 4.70. The normalized spacial score (nSPS) is 27.8. The van der Waals surface area contributed by atoms with Gasteiger partial charge in [-0.1, -0.05) is 25.7 Å². The predicted molar refractivity (Wildman–Crippen MR) is 92.6 cm³/mol. The number of nitrogens with zero attached hydrogens (tertiary/aromatic N) is 5. The molecule has 138 valence electrons. The van der Waals surface area contributed by atoms with Crippen LogP contribution in [0.2, 0.25) is 0 Å². The van der Waals surface area contributed by atoms with Crippen LogP contribution in [0.25, 0.3) is 0 Å². The highest BCUT2D eigenvalue weighted by molar-refractivity contribution is 5.76. The maximum atomic E-state index is 12.5. The number of fused-ring (bicyclic) bond motifs is 1. The van der Waals surface area contributed by atoms with Crippen molar-refractivity contribution in [2.75, 3.05) is 20.1 Å². The van der Waals surface area contributed by atoms with Crippen molar-refractivity contribution in [1.82, 2.24) is 24.6 Å². The van der Waals surface area contributed by atoms with Crippen LogP contribution in [-0.2, 0) is 17.9 Å². The number of aliphatic hydroxyl groups excluding tert-OH is 1. The summed E-state index contributed by atoms with van der Waals surface area (Å²) in [5.41, 5.74) is 0. The van der Waals surface area contributed by atoms with E-state index < -0.39 is 0 Å². The minimum absolute atomic E-state index is 0.126. The zero-order valence-electron chi connectivity index (χ0n) is 15.1. The van der Waals surface area contributed by atoms with Crippen molar-refractivity contribution in [3.63, 3.8) is 0 Å². The van der Waals surface area contributed by atoms with Gasteiger partial charge in [0.2, 0.25) is 5.91 Å². The van der Waals surface area contributed by atoms with E-state index in [0.29, 0.717) is 25.9 Å². The molecule has 1 amide bonds. The molecule has 3 aliphatic rings. The molecule has 7 nitrogen and oxygen atoms in total. The van der Waals surface area contributed by atoms with Gasteiger partial charge >= 0.3 is 0 Å². The third kappa shape index (κ3) is 3.44. The number of carbonyl (C=O) groups is 1. The Bertz CT molecular complexity index is 625. The van der Waals surface area contributed by atoms with Gasteiger partial charge in [-0.2, -0.15) is 0 Å². The maximum absolute atomic E-state index is 12.5. The number of carbonyl (C=O) groups excluding carboxylic acids is 1. The van der Waals surface area contributed by atoms with Gasteiger partial charge in [0, 0.05) is 26.1 Å². The Balaban J connectivity index is 1.38. The molecule has 0 aromatic carbocycles. The molecule has 25 heavy (non-hydrogen) atoms. The summed E-state index contributed by atoms with van der Waals surface area (Å²) in [6.07, 6.45) is 7.38. The van der Waals surface area contributed by atoms with Gasteiger partial charge in [0.1, 0.15) is 0 Å². The van der Waals surface area contributed by atoms with Crippen molar-refractivity contribution in [2.45, 2.75) is 70.2 Å². The van der Waals surface area contributed by atoms with Crippen molar-refractivity contribution in [2.24, 2.45) is 5.92 Å². The third-order valence-corrected chi connectivity index (χ3v) is 6.20. The molecule has 3 heterocycles. The van der Waals surface area contributed by atoms with E-state index in [0.717, 1.165) is 37.1 Å². The Kier molecular flexibility index (Phi) is 4.78. The standard InChI is InChI=1S/C18H29N5O2/c1-21-11-14(24)10-15(21)18-20-19-16-12-22(8-9-23(16)18)17(25)7-6-13-4-2-3-5-13/h13-15,24H,2-12H2,1H3/t14-,15+/m1/s1. The second-order valence-electron chi connectivity index (χ2n) is 7.98. The summed E-state index contributed by atoms with van der Waals surface area (Å²) in [6.45, 7) is 2.74. The first-order valence-corrected chi connectivity index (χ1v) is 9.70. The highest BCUT2D eigenvalue weighted by Crippen LogP contribution is 2.31. The molecule has 1 aromatic rings. The van der Waals surface area contributed by atoms with Crippen molar-refractivity contribution in [3.05, 3.63) is 11.6 Å². The molecule has 2 atom stereocenters. The zero-order chi connectivity index (χ0) is 17.4.